The fourth-order valence-corrected chi connectivity index (χ4v) is 7.68. The van der Waals surface area contributed by atoms with Crippen molar-refractivity contribution in [3.05, 3.63) is 23.8 Å². The average molecular weight is 384 g/mol. The summed E-state index contributed by atoms with van der Waals surface area (Å²) in [7, 11) is -7.01. The second kappa shape index (κ2) is 5.30. The molecule has 4 saturated carbocycles. The van der Waals surface area contributed by atoms with Crippen LogP contribution in [0.25, 0.3) is 0 Å². The van der Waals surface area contributed by atoms with Crippen molar-refractivity contribution < 1.29 is 16.8 Å². The van der Waals surface area contributed by atoms with Crippen LogP contribution in [0.2, 0.25) is 0 Å². The Kier molecular flexibility index (Phi) is 3.71. The summed E-state index contributed by atoms with van der Waals surface area (Å²) in [5, 5.41) is 0. The third-order valence-corrected chi connectivity index (χ3v) is 8.78. The van der Waals surface area contributed by atoms with Gasteiger partial charge in [0, 0.05) is 24.0 Å². The number of benzene rings is 1. The Bertz CT molecular complexity index is 922. The number of nitrogens with two attached hydrogens (primary N) is 1. The summed E-state index contributed by atoms with van der Waals surface area (Å²) in [5.41, 5.74) is 7.18. The highest BCUT2D eigenvalue weighted by atomic mass is 32.2. The van der Waals surface area contributed by atoms with Gasteiger partial charge in [0.15, 0.2) is 19.7 Å². The predicted molar refractivity (Wildman–Crippen MR) is 95.9 cm³/mol. The molecular weight excluding hydrogens is 358 g/mol. The Morgan fingerprint density at radius 2 is 1.56 bits per heavy atom. The van der Waals surface area contributed by atoms with Gasteiger partial charge in [-0.2, -0.15) is 0 Å². The number of hydrogen-bond donors (Lipinski definition) is 1. The van der Waals surface area contributed by atoms with E-state index in [0.717, 1.165) is 43.8 Å². The standard InChI is InChI=1S/C18H25NO4S2/c1-24(20,21)14-3-4-15(16(8-14)25(2,22)23)17-13-6-11-5-12(7-13)10-18(17,19)9-11/h3-4,8,11-13,17H,5-7,9-10,19H2,1-2H3. The molecule has 3 unspecified atom stereocenters. The van der Waals surface area contributed by atoms with E-state index in [0.29, 0.717) is 17.8 Å². The first-order valence-corrected chi connectivity index (χ1v) is 12.6. The van der Waals surface area contributed by atoms with Crippen LogP contribution in [0.4, 0.5) is 0 Å². The van der Waals surface area contributed by atoms with Gasteiger partial charge in [-0.25, -0.2) is 16.8 Å². The number of sulfone groups is 2. The molecule has 0 aromatic heterocycles. The molecule has 25 heavy (non-hydrogen) atoms. The van der Waals surface area contributed by atoms with E-state index in [9.17, 15) is 16.8 Å². The first-order valence-electron chi connectivity index (χ1n) is 8.80. The highest BCUT2D eigenvalue weighted by Crippen LogP contribution is 2.61. The van der Waals surface area contributed by atoms with Crippen molar-refractivity contribution in [3.8, 4) is 0 Å². The quantitative estimate of drug-likeness (QED) is 0.863. The summed E-state index contributed by atoms with van der Waals surface area (Å²) in [5.74, 6) is 1.73. The molecule has 4 bridgehead atoms. The topological polar surface area (TPSA) is 94.3 Å². The molecule has 138 valence electrons. The lowest BCUT2D eigenvalue weighted by atomic mass is 9.47. The Hall–Kier alpha value is -0.920. The van der Waals surface area contributed by atoms with Crippen LogP contribution in [-0.4, -0.2) is 34.9 Å². The molecule has 4 aliphatic rings. The van der Waals surface area contributed by atoms with Crippen molar-refractivity contribution in [3.63, 3.8) is 0 Å². The summed E-state index contributed by atoms with van der Waals surface area (Å²) in [6.07, 6.45) is 7.62. The van der Waals surface area contributed by atoms with Crippen LogP contribution in [-0.2, 0) is 19.7 Å². The highest BCUT2D eigenvalue weighted by Gasteiger charge is 2.56. The zero-order chi connectivity index (χ0) is 18.2. The highest BCUT2D eigenvalue weighted by molar-refractivity contribution is 7.91. The summed E-state index contributed by atoms with van der Waals surface area (Å²) >= 11 is 0. The Labute approximate surface area is 149 Å². The van der Waals surface area contributed by atoms with Gasteiger partial charge in [-0.1, -0.05) is 6.07 Å². The van der Waals surface area contributed by atoms with Crippen molar-refractivity contribution in [2.45, 2.75) is 53.4 Å². The first kappa shape index (κ1) is 17.5. The third kappa shape index (κ3) is 2.84. The molecule has 2 N–H and O–H groups in total. The monoisotopic (exact) mass is 383 g/mol. The Morgan fingerprint density at radius 1 is 0.960 bits per heavy atom. The van der Waals surface area contributed by atoms with Crippen LogP contribution >= 0.6 is 0 Å². The molecule has 0 spiro atoms. The summed E-state index contributed by atoms with van der Waals surface area (Å²) in [6.45, 7) is 0. The summed E-state index contributed by atoms with van der Waals surface area (Å²) in [6, 6.07) is 4.57. The van der Waals surface area contributed by atoms with E-state index in [4.69, 9.17) is 5.73 Å². The fraction of sp³-hybridized carbons (Fsp3) is 0.667. The fourth-order valence-electron chi connectivity index (χ4n) is 5.99. The largest absolute Gasteiger partial charge is 0.325 e. The van der Waals surface area contributed by atoms with Gasteiger partial charge in [-0.3, -0.25) is 0 Å². The van der Waals surface area contributed by atoms with E-state index in [-0.39, 0.29) is 21.2 Å². The molecule has 0 saturated heterocycles. The minimum Gasteiger partial charge on any atom is -0.325 e. The normalized spacial score (nSPS) is 37.4. The van der Waals surface area contributed by atoms with Gasteiger partial charge < -0.3 is 5.73 Å². The summed E-state index contributed by atoms with van der Waals surface area (Å²) < 4.78 is 48.6. The maximum Gasteiger partial charge on any atom is 0.175 e. The van der Waals surface area contributed by atoms with Gasteiger partial charge in [-0.15, -0.1) is 0 Å². The molecular formula is C18H25NO4S2. The molecule has 1 aromatic rings. The van der Waals surface area contributed by atoms with Crippen LogP contribution in [0.5, 0.6) is 0 Å². The molecule has 7 heteroatoms. The van der Waals surface area contributed by atoms with Crippen molar-refractivity contribution in [2.75, 3.05) is 12.5 Å². The maximum atomic E-state index is 12.4. The van der Waals surface area contributed by atoms with Gasteiger partial charge in [0.1, 0.15) is 0 Å². The predicted octanol–water partition coefficient (Wildman–Crippen LogP) is 2.11. The van der Waals surface area contributed by atoms with Gasteiger partial charge in [0.25, 0.3) is 0 Å². The number of rotatable bonds is 3. The lowest BCUT2D eigenvalue weighted by Gasteiger charge is -2.60. The Morgan fingerprint density at radius 3 is 2.04 bits per heavy atom. The molecule has 4 fully saturated rings. The van der Waals surface area contributed by atoms with Crippen LogP contribution < -0.4 is 5.73 Å². The maximum absolute atomic E-state index is 12.4. The first-order chi connectivity index (χ1) is 11.5. The molecule has 4 aliphatic carbocycles. The molecule has 0 heterocycles. The second-order valence-electron chi connectivity index (χ2n) is 8.56. The zero-order valence-corrected chi connectivity index (χ0v) is 16.2. The zero-order valence-electron chi connectivity index (χ0n) is 14.6. The third-order valence-electron chi connectivity index (χ3n) is 6.51. The SMILES string of the molecule is CS(=O)(=O)c1ccc(C2C3CC4CC(C3)CC2(N)C4)c(S(C)(=O)=O)c1. The van der Waals surface area contributed by atoms with Gasteiger partial charge in [0.2, 0.25) is 0 Å². The van der Waals surface area contributed by atoms with Crippen molar-refractivity contribution in [2.24, 2.45) is 23.5 Å². The molecule has 5 rings (SSSR count). The van der Waals surface area contributed by atoms with E-state index in [2.05, 4.69) is 0 Å². The van der Waals surface area contributed by atoms with Crippen LogP contribution in [0, 0.1) is 17.8 Å². The molecule has 0 amide bonds. The number of hydrogen-bond acceptors (Lipinski definition) is 5. The van der Waals surface area contributed by atoms with Gasteiger partial charge >= 0.3 is 0 Å². The van der Waals surface area contributed by atoms with Gasteiger partial charge in [-0.05, 0) is 67.6 Å². The van der Waals surface area contributed by atoms with E-state index < -0.39 is 19.7 Å². The van der Waals surface area contributed by atoms with E-state index >= 15 is 0 Å². The average Bonchev–Trinajstić information content (AvgIpc) is 2.43. The Balaban J connectivity index is 1.88. The second-order valence-corrected chi connectivity index (χ2v) is 12.6. The molecule has 0 radical (unpaired) electrons. The molecule has 5 nitrogen and oxygen atoms in total. The van der Waals surface area contributed by atoms with Crippen molar-refractivity contribution in [1.82, 2.24) is 0 Å². The van der Waals surface area contributed by atoms with E-state index in [1.165, 1.54) is 18.6 Å². The minimum absolute atomic E-state index is 0.00126. The molecule has 1 aromatic carbocycles. The van der Waals surface area contributed by atoms with Crippen molar-refractivity contribution in [1.29, 1.82) is 0 Å². The molecule has 0 aliphatic heterocycles. The van der Waals surface area contributed by atoms with Crippen LogP contribution in [0.3, 0.4) is 0 Å². The smallest absolute Gasteiger partial charge is 0.175 e. The van der Waals surface area contributed by atoms with Crippen LogP contribution in [0.1, 0.15) is 43.6 Å². The summed E-state index contributed by atoms with van der Waals surface area (Å²) in [4.78, 5) is 0.185. The molecule has 3 atom stereocenters. The van der Waals surface area contributed by atoms with E-state index in [1.807, 2.05) is 0 Å². The lowest BCUT2D eigenvalue weighted by molar-refractivity contribution is -0.0230. The van der Waals surface area contributed by atoms with E-state index in [1.54, 1.807) is 6.07 Å². The lowest BCUT2D eigenvalue weighted by Crippen LogP contribution is -2.61. The van der Waals surface area contributed by atoms with Gasteiger partial charge in [0.05, 0.1) is 9.79 Å². The van der Waals surface area contributed by atoms with Crippen LogP contribution in [0.15, 0.2) is 28.0 Å². The minimum atomic E-state index is -3.55. The van der Waals surface area contributed by atoms with Crippen molar-refractivity contribution >= 4 is 19.7 Å².